The quantitative estimate of drug-likeness (QED) is 0.300. The van der Waals surface area contributed by atoms with Crippen LogP contribution >= 0.6 is 22.6 Å². The molecule has 1 amide bonds. The van der Waals surface area contributed by atoms with E-state index in [-0.39, 0.29) is 11.5 Å². The summed E-state index contributed by atoms with van der Waals surface area (Å²) in [6.07, 6.45) is 1.53. The molecule has 2 aromatic carbocycles. The number of hydrogen-bond acceptors (Lipinski definition) is 6. The number of ether oxygens (including phenoxy) is 2. The number of carbonyl (C=O) groups is 2. The molecule has 1 heterocycles. The number of benzene rings is 2. The Kier molecular flexibility index (Phi) is 8.54. The van der Waals surface area contributed by atoms with Crippen LogP contribution in [0.25, 0.3) is 6.08 Å². The number of anilines is 1. The van der Waals surface area contributed by atoms with Crippen molar-refractivity contribution in [2.45, 2.75) is 6.92 Å². The lowest BCUT2D eigenvalue weighted by molar-refractivity contribution is -0.139. The topological polar surface area (TPSA) is 103 Å². The minimum atomic E-state index is -1.10. The molecule has 9 heteroatoms. The van der Waals surface area contributed by atoms with E-state index in [0.717, 1.165) is 5.69 Å². The summed E-state index contributed by atoms with van der Waals surface area (Å²) in [5.74, 6) is -0.733. The predicted molar refractivity (Wildman–Crippen MR) is 132 cm³/mol. The summed E-state index contributed by atoms with van der Waals surface area (Å²) >= 11 is 2.01. The van der Waals surface area contributed by atoms with Crippen molar-refractivity contribution in [2.75, 3.05) is 44.3 Å². The summed E-state index contributed by atoms with van der Waals surface area (Å²) in [5.41, 5.74) is 1.74. The number of hydrogen-bond donors (Lipinski definition) is 1. The fraction of sp³-hybridized carbons (Fsp3) is 0.292. The molecule has 1 fully saturated rings. The maximum atomic E-state index is 13.0. The SMILES string of the molecule is CCOc1cc(/C=C(/C#N)C(=O)N2CCN(c3ccccc3)CC2)cc(I)c1OCC(=O)O. The van der Waals surface area contributed by atoms with Gasteiger partial charge in [-0.15, -0.1) is 0 Å². The molecule has 2 aromatic rings. The molecule has 8 nitrogen and oxygen atoms in total. The van der Waals surface area contributed by atoms with Gasteiger partial charge in [-0.3, -0.25) is 4.79 Å². The number of piperazine rings is 1. The summed E-state index contributed by atoms with van der Waals surface area (Å²) in [6, 6.07) is 15.4. The molecule has 0 aromatic heterocycles. The van der Waals surface area contributed by atoms with Gasteiger partial charge >= 0.3 is 5.97 Å². The second-order valence-electron chi connectivity index (χ2n) is 7.23. The van der Waals surface area contributed by atoms with Gasteiger partial charge in [0.05, 0.1) is 10.2 Å². The predicted octanol–water partition coefficient (Wildman–Crippen LogP) is 3.41. The Hall–Kier alpha value is -3.26. The second-order valence-corrected chi connectivity index (χ2v) is 8.39. The van der Waals surface area contributed by atoms with E-state index in [4.69, 9.17) is 14.6 Å². The van der Waals surface area contributed by atoms with Gasteiger partial charge < -0.3 is 24.4 Å². The number of rotatable bonds is 8. The smallest absolute Gasteiger partial charge is 0.341 e. The Labute approximate surface area is 206 Å². The van der Waals surface area contributed by atoms with E-state index in [1.54, 1.807) is 24.0 Å². The lowest BCUT2D eigenvalue weighted by Gasteiger charge is -2.36. The van der Waals surface area contributed by atoms with Crippen molar-refractivity contribution < 1.29 is 24.2 Å². The van der Waals surface area contributed by atoms with Crippen molar-refractivity contribution in [1.29, 1.82) is 5.26 Å². The largest absolute Gasteiger partial charge is 0.490 e. The average molecular weight is 561 g/mol. The van der Waals surface area contributed by atoms with Gasteiger partial charge in [-0.2, -0.15) is 5.26 Å². The Balaban J connectivity index is 1.76. The number of aliphatic carboxylic acids is 1. The van der Waals surface area contributed by atoms with Gasteiger partial charge in [0.1, 0.15) is 11.6 Å². The lowest BCUT2D eigenvalue weighted by atomic mass is 10.1. The molecule has 0 atom stereocenters. The molecule has 0 unspecified atom stereocenters. The van der Waals surface area contributed by atoms with E-state index in [9.17, 15) is 14.9 Å². The van der Waals surface area contributed by atoms with Crippen LogP contribution in [0.1, 0.15) is 12.5 Å². The molecule has 0 bridgehead atoms. The highest BCUT2D eigenvalue weighted by Gasteiger charge is 2.24. The highest BCUT2D eigenvalue weighted by molar-refractivity contribution is 14.1. The summed E-state index contributed by atoms with van der Waals surface area (Å²) in [7, 11) is 0. The van der Waals surface area contributed by atoms with E-state index >= 15 is 0 Å². The van der Waals surface area contributed by atoms with Crippen LogP contribution in [-0.2, 0) is 9.59 Å². The number of carbonyl (C=O) groups excluding carboxylic acids is 1. The molecule has 1 aliphatic rings. The van der Waals surface area contributed by atoms with Crippen LogP contribution in [0.4, 0.5) is 5.69 Å². The number of carboxylic acid groups (broad SMARTS) is 1. The van der Waals surface area contributed by atoms with Gasteiger partial charge in [-0.1, -0.05) is 18.2 Å². The zero-order valence-electron chi connectivity index (χ0n) is 18.2. The number of carboxylic acids is 1. The van der Waals surface area contributed by atoms with Crippen molar-refractivity contribution in [3.8, 4) is 17.6 Å². The maximum absolute atomic E-state index is 13.0. The molecule has 0 aliphatic carbocycles. The molecule has 1 saturated heterocycles. The molecule has 0 saturated carbocycles. The molecule has 1 N–H and O–H groups in total. The number of nitrogens with zero attached hydrogens (tertiary/aromatic N) is 3. The van der Waals surface area contributed by atoms with Gasteiger partial charge in [-0.25, -0.2) is 4.79 Å². The summed E-state index contributed by atoms with van der Waals surface area (Å²) in [4.78, 5) is 27.8. The van der Waals surface area contributed by atoms with Crippen LogP contribution in [0.15, 0.2) is 48.0 Å². The molecule has 3 rings (SSSR count). The zero-order chi connectivity index (χ0) is 23.8. The first kappa shape index (κ1) is 24.4. The van der Waals surface area contributed by atoms with Crippen LogP contribution in [0, 0.1) is 14.9 Å². The molecule has 1 aliphatic heterocycles. The van der Waals surface area contributed by atoms with E-state index in [2.05, 4.69) is 4.90 Å². The average Bonchev–Trinajstić information content (AvgIpc) is 2.82. The lowest BCUT2D eigenvalue weighted by Crippen LogP contribution is -2.49. The van der Waals surface area contributed by atoms with E-state index in [0.29, 0.717) is 53.4 Å². The normalized spacial score (nSPS) is 13.9. The summed E-state index contributed by atoms with van der Waals surface area (Å²) < 4.78 is 11.6. The van der Waals surface area contributed by atoms with Crippen molar-refractivity contribution in [2.24, 2.45) is 0 Å². The Bertz CT molecular complexity index is 1070. The minimum Gasteiger partial charge on any atom is -0.490 e. The molecule has 172 valence electrons. The maximum Gasteiger partial charge on any atom is 0.341 e. The minimum absolute atomic E-state index is 0.0283. The molecule has 33 heavy (non-hydrogen) atoms. The molecule has 0 spiro atoms. The standard InChI is InChI=1S/C24H24IN3O5/c1-2-32-21-14-17(13-20(25)23(21)33-16-22(29)30)12-18(15-26)24(31)28-10-8-27(9-11-28)19-6-4-3-5-7-19/h3-7,12-14H,2,8-11,16H2,1H3,(H,29,30)/b18-12-. The number of para-hydroxylation sites is 1. The van der Waals surface area contributed by atoms with Gasteiger partial charge in [0.15, 0.2) is 18.1 Å². The van der Waals surface area contributed by atoms with Crippen molar-refractivity contribution >= 4 is 46.2 Å². The zero-order valence-corrected chi connectivity index (χ0v) is 20.3. The first-order valence-electron chi connectivity index (χ1n) is 10.4. The van der Waals surface area contributed by atoms with Gasteiger partial charge in [0.25, 0.3) is 5.91 Å². The van der Waals surface area contributed by atoms with E-state index in [1.807, 2.05) is 59.0 Å². The highest BCUT2D eigenvalue weighted by Crippen LogP contribution is 2.35. The first-order chi connectivity index (χ1) is 15.9. The van der Waals surface area contributed by atoms with E-state index in [1.165, 1.54) is 6.08 Å². The van der Waals surface area contributed by atoms with Gasteiger partial charge in [0, 0.05) is 31.9 Å². The Morgan fingerprint density at radius 2 is 1.85 bits per heavy atom. The summed E-state index contributed by atoms with van der Waals surface area (Å²) in [6.45, 7) is 4.08. The fourth-order valence-electron chi connectivity index (χ4n) is 3.49. The Morgan fingerprint density at radius 1 is 1.15 bits per heavy atom. The van der Waals surface area contributed by atoms with E-state index < -0.39 is 12.6 Å². The van der Waals surface area contributed by atoms with Crippen molar-refractivity contribution in [3.05, 3.63) is 57.2 Å². The third kappa shape index (κ3) is 6.38. The number of halogens is 1. The summed E-state index contributed by atoms with van der Waals surface area (Å²) in [5, 5.41) is 18.6. The monoisotopic (exact) mass is 561 g/mol. The van der Waals surface area contributed by atoms with Crippen LogP contribution in [0.5, 0.6) is 11.5 Å². The third-order valence-corrected chi connectivity index (χ3v) is 5.82. The fourth-order valence-corrected chi connectivity index (χ4v) is 4.27. The second kappa shape index (κ2) is 11.6. The number of amides is 1. The number of nitriles is 1. The van der Waals surface area contributed by atoms with Crippen molar-refractivity contribution in [1.82, 2.24) is 4.90 Å². The van der Waals surface area contributed by atoms with Gasteiger partial charge in [0.2, 0.25) is 0 Å². The van der Waals surface area contributed by atoms with Crippen molar-refractivity contribution in [3.63, 3.8) is 0 Å². The third-order valence-electron chi connectivity index (χ3n) is 5.02. The van der Waals surface area contributed by atoms with Crippen LogP contribution in [-0.4, -0.2) is 61.3 Å². The molecular formula is C24H24IN3O5. The molecule has 0 radical (unpaired) electrons. The van der Waals surface area contributed by atoms with Crippen LogP contribution in [0.3, 0.4) is 0 Å². The first-order valence-corrected chi connectivity index (χ1v) is 11.5. The molecular weight excluding hydrogens is 537 g/mol. The van der Waals surface area contributed by atoms with Crippen LogP contribution < -0.4 is 14.4 Å². The van der Waals surface area contributed by atoms with Crippen LogP contribution in [0.2, 0.25) is 0 Å². The highest BCUT2D eigenvalue weighted by atomic mass is 127. The Morgan fingerprint density at radius 3 is 2.45 bits per heavy atom. The van der Waals surface area contributed by atoms with Gasteiger partial charge in [-0.05, 0) is 65.4 Å².